The summed E-state index contributed by atoms with van der Waals surface area (Å²) in [5.74, 6) is 1.17. The predicted octanol–water partition coefficient (Wildman–Crippen LogP) is 2.46. The maximum atomic E-state index is 4.58. The second kappa shape index (κ2) is 3.91. The first-order chi connectivity index (χ1) is 7.86. The second-order valence-electron chi connectivity index (χ2n) is 4.55. The molecule has 2 aromatic heterocycles. The highest BCUT2D eigenvalue weighted by Crippen LogP contribution is 2.23. The molecule has 2 aromatic rings. The molecule has 1 aliphatic heterocycles. The zero-order valence-corrected chi connectivity index (χ0v) is 9.61. The molecule has 0 saturated carbocycles. The van der Waals surface area contributed by atoms with E-state index in [4.69, 9.17) is 0 Å². The van der Waals surface area contributed by atoms with Crippen LogP contribution in [0.25, 0.3) is 5.52 Å². The molecule has 1 aliphatic rings. The summed E-state index contributed by atoms with van der Waals surface area (Å²) in [6.07, 6.45) is 5.77. The van der Waals surface area contributed by atoms with Crippen molar-refractivity contribution in [3.63, 3.8) is 0 Å². The van der Waals surface area contributed by atoms with Gasteiger partial charge in [0.25, 0.3) is 0 Å². The number of nitrogens with one attached hydrogen (secondary N) is 1. The van der Waals surface area contributed by atoms with Crippen molar-refractivity contribution < 1.29 is 0 Å². The Labute approximate surface area is 95.5 Å². The predicted molar refractivity (Wildman–Crippen MR) is 64.5 cm³/mol. The van der Waals surface area contributed by atoms with Gasteiger partial charge in [0, 0.05) is 5.69 Å². The van der Waals surface area contributed by atoms with Gasteiger partial charge in [-0.25, -0.2) is 4.98 Å². The van der Waals surface area contributed by atoms with Gasteiger partial charge >= 0.3 is 0 Å². The molecule has 0 radical (unpaired) electrons. The van der Waals surface area contributed by atoms with Crippen molar-refractivity contribution in [2.24, 2.45) is 0 Å². The standard InChI is InChI=1S/C13H17N3/c1-10-5-4-6-11-9-15-13(16(10)11)12-7-2-3-8-14-12/h4-6,9,12,14H,2-3,7-8H2,1H3. The normalized spacial score (nSPS) is 21.4. The van der Waals surface area contributed by atoms with Crippen molar-refractivity contribution in [1.82, 2.24) is 14.7 Å². The first-order valence-electron chi connectivity index (χ1n) is 6.02. The lowest BCUT2D eigenvalue weighted by molar-refractivity contribution is 0.396. The first-order valence-corrected chi connectivity index (χ1v) is 6.02. The molecule has 3 heterocycles. The topological polar surface area (TPSA) is 29.3 Å². The largest absolute Gasteiger partial charge is 0.307 e. The zero-order valence-electron chi connectivity index (χ0n) is 9.61. The van der Waals surface area contributed by atoms with Crippen LogP contribution in [0.2, 0.25) is 0 Å². The lowest BCUT2D eigenvalue weighted by atomic mass is 10.0. The van der Waals surface area contributed by atoms with Crippen molar-refractivity contribution >= 4 is 5.52 Å². The third-order valence-corrected chi connectivity index (χ3v) is 3.40. The highest BCUT2D eigenvalue weighted by molar-refractivity contribution is 5.47. The van der Waals surface area contributed by atoms with Crippen LogP contribution in [0.3, 0.4) is 0 Å². The molecule has 3 rings (SSSR count). The van der Waals surface area contributed by atoms with Crippen molar-refractivity contribution in [2.45, 2.75) is 32.2 Å². The van der Waals surface area contributed by atoms with Crippen LogP contribution in [0, 0.1) is 6.92 Å². The number of aryl methyl sites for hydroxylation is 1. The number of rotatable bonds is 1. The Balaban J connectivity index is 2.09. The van der Waals surface area contributed by atoms with Gasteiger partial charge in [-0.2, -0.15) is 0 Å². The van der Waals surface area contributed by atoms with Gasteiger partial charge in [-0.05, 0) is 38.4 Å². The minimum Gasteiger partial charge on any atom is -0.307 e. The fraction of sp³-hybridized carbons (Fsp3) is 0.462. The molecular weight excluding hydrogens is 198 g/mol. The summed E-state index contributed by atoms with van der Waals surface area (Å²) in [5.41, 5.74) is 2.46. The molecule has 3 heteroatoms. The molecule has 1 saturated heterocycles. The van der Waals surface area contributed by atoms with Crippen molar-refractivity contribution in [2.75, 3.05) is 6.54 Å². The number of piperidine rings is 1. The van der Waals surface area contributed by atoms with Gasteiger partial charge in [0.15, 0.2) is 0 Å². The maximum absolute atomic E-state index is 4.58. The van der Waals surface area contributed by atoms with E-state index in [9.17, 15) is 0 Å². The summed E-state index contributed by atoms with van der Waals surface area (Å²) in [6, 6.07) is 6.77. The Bertz CT molecular complexity index is 495. The zero-order chi connectivity index (χ0) is 11.0. The van der Waals surface area contributed by atoms with E-state index >= 15 is 0 Å². The molecule has 84 valence electrons. The van der Waals surface area contributed by atoms with Crippen LogP contribution in [0.15, 0.2) is 24.4 Å². The lowest BCUT2D eigenvalue weighted by Crippen LogP contribution is -2.28. The second-order valence-corrected chi connectivity index (χ2v) is 4.55. The van der Waals surface area contributed by atoms with E-state index in [1.807, 2.05) is 6.20 Å². The van der Waals surface area contributed by atoms with E-state index in [-0.39, 0.29) is 0 Å². The molecule has 1 fully saturated rings. The minimum absolute atomic E-state index is 0.428. The third-order valence-electron chi connectivity index (χ3n) is 3.40. The molecule has 0 aromatic carbocycles. The summed E-state index contributed by atoms with van der Waals surface area (Å²) >= 11 is 0. The summed E-state index contributed by atoms with van der Waals surface area (Å²) in [5, 5.41) is 3.56. The van der Waals surface area contributed by atoms with Gasteiger partial charge in [-0.15, -0.1) is 0 Å². The molecule has 0 spiro atoms. The van der Waals surface area contributed by atoms with Crippen LogP contribution < -0.4 is 5.32 Å². The number of hydrogen-bond acceptors (Lipinski definition) is 2. The van der Waals surface area contributed by atoms with Crippen molar-refractivity contribution in [1.29, 1.82) is 0 Å². The number of pyridine rings is 1. The Hall–Kier alpha value is -1.35. The number of fused-ring (bicyclic) bond motifs is 1. The SMILES string of the molecule is Cc1cccc2cnc(C3CCCCN3)n12. The molecule has 0 aliphatic carbocycles. The van der Waals surface area contributed by atoms with Gasteiger partial charge in [0.2, 0.25) is 0 Å². The Morgan fingerprint density at radius 2 is 2.31 bits per heavy atom. The smallest absolute Gasteiger partial charge is 0.130 e. The van der Waals surface area contributed by atoms with Crippen LogP contribution in [-0.2, 0) is 0 Å². The van der Waals surface area contributed by atoms with Crippen LogP contribution in [0.1, 0.15) is 36.8 Å². The van der Waals surface area contributed by atoms with Gasteiger partial charge in [-0.1, -0.05) is 12.5 Å². The molecule has 0 amide bonds. The minimum atomic E-state index is 0.428. The number of hydrogen-bond donors (Lipinski definition) is 1. The molecule has 1 atom stereocenters. The lowest BCUT2D eigenvalue weighted by Gasteiger charge is -2.22. The van der Waals surface area contributed by atoms with Crippen LogP contribution in [0.4, 0.5) is 0 Å². The van der Waals surface area contributed by atoms with Crippen LogP contribution in [0.5, 0.6) is 0 Å². The fourth-order valence-electron chi connectivity index (χ4n) is 2.56. The van der Waals surface area contributed by atoms with Crippen molar-refractivity contribution in [3.8, 4) is 0 Å². The third kappa shape index (κ3) is 1.52. The van der Waals surface area contributed by atoms with Crippen LogP contribution >= 0.6 is 0 Å². The number of nitrogens with zero attached hydrogens (tertiary/aromatic N) is 2. The van der Waals surface area contributed by atoms with Gasteiger partial charge in [-0.3, -0.25) is 4.40 Å². The van der Waals surface area contributed by atoms with Crippen LogP contribution in [-0.4, -0.2) is 15.9 Å². The summed E-state index contributed by atoms with van der Waals surface area (Å²) in [7, 11) is 0. The first kappa shape index (κ1) is 9.85. The van der Waals surface area contributed by atoms with E-state index in [2.05, 4.69) is 39.8 Å². The maximum Gasteiger partial charge on any atom is 0.130 e. The number of imidazole rings is 1. The summed E-state index contributed by atoms with van der Waals surface area (Å²) in [6.45, 7) is 3.26. The monoisotopic (exact) mass is 215 g/mol. The van der Waals surface area contributed by atoms with E-state index in [1.165, 1.54) is 36.3 Å². The average molecular weight is 215 g/mol. The summed E-state index contributed by atoms with van der Waals surface area (Å²) in [4.78, 5) is 4.58. The van der Waals surface area contributed by atoms with E-state index in [0.717, 1.165) is 6.54 Å². The molecule has 3 nitrogen and oxygen atoms in total. The molecule has 1 unspecified atom stereocenters. The quantitative estimate of drug-likeness (QED) is 0.791. The Kier molecular flexibility index (Phi) is 2.40. The van der Waals surface area contributed by atoms with Gasteiger partial charge in [0.1, 0.15) is 5.82 Å². The average Bonchev–Trinajstić information content (AvgIpc) is 2.75. The Morgan fingerprint density at radius 3 is 3.12 bits per heavy atom. The highest BCUT2D eigenvalue weighted by atomic mass is 15.1. The van der Waals surface area contributed by atoms with E-state index in [1.54, 1.807) is 0 Å². The molecule has 0 bridgehead atoms. The molecular formula is C13H17N3. The highest BCUT2D eigenvalue weighted by Gasteiger charge is 2.19. The molecule has 16 heavy (non-hydrogen) atoms. The molecule has 1 N–H and O–H groups in total. The van der Waals surface area contributed by atoms with Gasteiger partial charge in [0.05, 0.1) is 17.8 Å². The summed E-state index contributed by atoms with van der Waals surface area (Å²) < 4.78 is 2.27. The van der Waals surface area contributed by atoms with Gasteiger partial charge < -0.3 is 5.32 Å². The fourth-order valence-corrected chi connectivity index (χ4v) is 2.56. The Morgan fingerprint density at radius 1 is 1.38 bits per heavy atom. The van der Waals surface area contributed by atoms with Crippen molar-refractivity contribution in [3.05, 3.63) is 35.9 Å². The number of aromatic nitrogens is 2. The van der Waals surface area contributed by atoms with E-state index in [0.29, 0.717) is 6.04 Å². The van der Waals surface area contributed by atoms with E-state index < -0.39 is 0 Å².